The lowest BCUT2D eigenvalue weighted by Crippen LogP contribution is -2.30. The lowest BCUT2D eigenvalue weighted by molar-refractivity contribution is -0.132. The molecule has 30 heavy (non-hydrogen) atoms. The van der Waals surface area contributed by atoms with E-state index in [0.717, 1.165) is 16.7 Å². The maximum Gasteiger partial charge on any atom is 0.300 e. The van der Waals surface area contributed by atoms with Crippen LogP contribution in [0.1, 0.15) is 34.0 Å². The maximum absolute atomic E-state index is 13.2. The van der Waals surface area contributed by atoms with E-state index in [1.807, 2.05) is 51.1 Å². The summed E-state index contributed by atoms with van der Waals surface area (Å²) in [5.41, 5.74) is 4.55. The summed E-state index contributed by atoms with van der Waals surface area (Å²) in [6, 6.07) is 17.5. The SMILES string of the molecule is Cc1ccc(/C(O)=C2\C(=O)C(=O)N(c3cc(C)ccc3C)C2c2ccccn2)cc1. The van der Waals surface area contributed by atoms with Crippen LogP contribution in [0.25, 0.3) is 5.76 Å². The molecule has 1 N–H and O–H groups in total. The number of Topliss-reactive ketones (excluding diaryl/α,β-unsaturated/α-hetero) is 1. The van der Waals surface area contributed by atoms with E-state index in [0.29, 0.717) is 16.9 Å². The molecule has 1 amide bonds. The first-order valence-corrected chi connectivity index (χ1v) is 9.74. The van der Waals surface area contributed by atoms with Crippen molar-refractivity contribution in [2.45, 2.75) is 26.8 Å². The Kier molecular flexibility index (Phi) is 4.96. The lowest BCUT2D eigenvalue weighted by atomic mass is 9.97. The Morgan fingerprint density at radius 1 is 0.933 bits per heavy atom. The molecule has 1 aromatic heterocycles. The minimum absolute atomic E-state index is 0.0449. The van der Waals surface area contributed by atoms with Crippen molar-refractivity contribution in [1.82, 2.24) is 4.98 Å². The first kappa shape index (κ1) is 19.6. The molecular weight excluding hydrogens is 376 g/mol. The number of aryl methyl sites for hydroxylation is 3. The molecule has 1 aliphatic heterocycles. The van der Waals surface area contributed by atoms with Crippen molar-refractivity contribution >= 4 is 23.1 Å². The molecule has 1 atom stereocenters. The number of aliphatic hydroxyl groups excluding tert-OH is 1. The quantitative estimate of drug-likeness (QED) is 0.397. The molecule has 0 radical (unpaired) electrons. The van der Waals surface area contributed by atoms with E-state index >= 15 is 0 Å². The summed E-state index contributed by atoms with van der Waals surface area (Å²) in [6.45, 7) is 5.77. The second-order valence-electron chi connectivity index (χ2n) is 7.58. The third-order valence-electron chi connectivity index (χ3n) is 5.36. The molecule has 5 heteroatoms. The second kappa shape index (κ2) is 7.59. The standard InChI is InChI=1S/C25H22N2O3/c1-15-8-11-18(12-9-15)23(28)21-22(19-6-4-5-13-26-19)27(25(30)24(21)29)20-14-16(2)7-10-17(20)3/h4-14,22,28H,1-3H3/b23-21+. The molecule has 2 aromatic carbocycles. The van der Waals surface area contributed by atoms with Gasteiger partial charge in [-0.25, -0.2) is 0 Å². The van der Waals surface area contributed by atoms with Gasteiger partial charge in [-0.3, -0.25) is 19.5 Å². The number of aromatic nitrogens is 1. The van der Waals surface area contributed by atoms with E-state index in [1.165, 1.54) is 4.90 Å². The zero-order valence-electron chi connectivity index (χ0n) is 17.1. The molecule has 1 fully saturated rings. The van der Waals surface area contributed by atoms with Crippen molar-refractivity contribution in [1.29, 1.82) is 0 Å². The van der Waals surface area contributed by atoms with E-state index in [9.17, 15) is 14.7 Å². The van der Waals surface area contributed by atoms with Gasteiger partial charge in [0, 0.05) is 17.4 Å². The number of benzene rings is 2. The van der Waals surface area contributed by atoms with Crippen LogP contribution in [0.4, 0.5) is 5.69 Å². The normalized spacial score (nSPS) is 18.1. The van der Waals surface area contributed by atoms with Gasteiger partial charge in [0.25, 0.3) is 11.7 Å². The van der Waals surface area contributed by atoms with Gasteiger partial charge >= 0.3 is 0 Å². The van der Waals surface area contributed by atoms with Crippen LogP contribution in [-0.4, -0.2) is 21.8 Å². The van der Waals surface area contributed by atoms with Gasteiger partial charge in [0.1, 0.15) is 11.8 Å². The highest BCUT2D eigenvalue weighted by Crippen LogP contribution is 2.42. The molecule has 1 saturated heterocycles. The number of hydrogen-bond donors (Lipinski definition) is 1. The largest absolute Gasteiger partial charge is 0.507 e. The van der Waals surface area contributed by atoms with E-state index in [1.54, 1.807) is 36.5 Å². The highest BCUT2D eigenvalue weighted by atomic mass is 16.3. The summed E-state index contributed by atoms with van der Waals surface area (Å²) in [7, 11) is 0. The molecule has 0 spiro atoms. The second-order valence-corrected chi connectivity index (χ2v) is 7.58. The fourth-order valence-corrected chi connectivity index (χ4v) is 3.74. The number of carbonyl (C=O) groups excluding carboxylic acids is 2. The Morgan fingerprint density at radius 3 is 2.30 bits per heavy atom. The number of nitrogens with zero attached hydrogens (tertiary/aromatic N) is 2. The number of pyridine rings is 1. The molecule has 4 rings (SSSR count). The number of carbonyl (C=O) groups is 2. The van der Waals surface area contributed by atoms with Crippen LogP contribution in [0.15, 0.2) is 72.4 Å². The van der Waals surface area contributed by atoms with Crippen molar-refractivity contribution in [3.05, 3.63) is 100 Å². The van der Waals surface area contributed by atoms with Crippen molar-refractivity contribution < 1.29 is 14.7 Å². The van der Waals surface area contributed by atoms with Gasteiger partial charge < -0.3 is 5.11 Å². The van der Waals surface area contributed by atoms with Gasteiger partial charge in [-0.15, -0.1) is 0 Å². The summed E-state index contributed by atoms with van der Waals surface area (Å²) in [4.78, 5) is 32.1. The number of hydrogen-bond acceptors (Lipinski definition) is 4. The van der Waals surface area contributed by atoms with Crippen LogP contribution in [0, 0.1) is 20.8 Å². The van der Waals surface area contributed by atoms with Gasteiger partial charge in [-0.1, -0.05) is 48.0 Å². The number of amides is 1. The average Bonchev–Trinajstić information content (AvgIpc) is 3.01. The molecule has 3 aromatic rings. The summed E-state index contributed by atoms with van der Waals surface area (Å²) >= 11 is 0. The van der Waals surface area contributed by atoms with Crippen molar-refractivity contribution in [2.24, 2.45) is 0 Å². The Hall–Kier alpha value is -3.73. The van der Waals surface area contributed by atoms with Gasteiger partial charge in [0.05, 0.1) is 11.3 Å². The number of anilines is 1. The molecule has 150 valence electrons. The van der Waals surface area contributed by atoms with Gasteiger partial charge in [0.2, 0.25) is 0 Å². The Bertz CT molecular complexity index is 1160. The number of ketones is 1. The summed E-state index contributed by atoms with van der Waals surface area (Å²) in [5.74, 6) is -1.59. The predicted molar refractivity (Wildman–Crippen MR) is 116 cm³/mol. The third kappa shape index (κ3) is 3.28. The highest BCUT2D eigenvalue weighted by Gasteiger charge is 2.48. The lowest BCUT2D eigenvalue weighted by Gasteiger charge is -2.26. The Morgan fingerprint density at radius 2 is 1.63 bits per heavy atom. The minimum atomic E-state index is -0.812. The first-order chi connectivity index (χ1) is 14.4. The fourth-order valence-electron chi connectivity index (χ4n) is 3.74. The predicted octanol–water partition coefficient (Wildman–Crippen LogP) is 4.63. The van der Waals surface area contributed by atoms with Crippen molar-refractivity contribution in [2.75, 3.05) is 4.90 Å². The third-order valence-corrected chi connectivity index (χ3v) is 5.36. The average molecular weight is 398 g/mol. The van der Waals surface area contributed by atoms with Crippen LogP contribution < -0.4 is 4.90 Å². The summed E-state index contributed by atoms with van der Waals surface area (Å²) in [6.07, 6.45) is 1.62. The molecule has 0 bridgehead atoms. The van der Waals surface area contributed by atoms with Crippen LogP contribution in [-0.2, 0) is 9.59 Å². The van der Waals surface area contributed by atoms with E-state index in [4.69, 9.17) is 0 Å². The molecule has 0 saturated carbocycles. The zero-order valence-corrected chi connectivity index (χ0v) is 17.1. The molecule has 0 aliphatic carbocycles. The smallest absolute Gasteiger partial charge is 0.300 e. The van der Waals surface area contributed by atoms with E-state index in [-0.39, 0.29) is 11.3 Å². The van der Waals surface area contributed by atoms with Crippen LogP contribution in [0.3, 0.4) is 0 Å². The molecular formula is C25H22N2O3. The Balaban J connectivity index is 1.97. The first-order valence-electron chi connectivity index (χ1n) is 9.74. The van der Waals surface area contributed by atoms with E-state index < -0.39 is 17.7 Å². The minimum Gasteiger partial charge on any atom is -0.507 e. The van der Waals surface area contributed by atoms with Gasteiger partial charge in [0.15, 0.2) is 0 Å². The van der Waals surface area contributed by atoms with Gasteiger partial charge in [-0.2, -0.15) is 0 Å². The topological polar surface area (TPSA) is 70.5 Å². The molecule has 1 aliphatic rings. The van der Waals surface area contributed by atoms with E-state index in [2.05, 4.69) is 4.98 Å². The zero-order chi connectivity index (χ0) is 21.4. The maximum atomic E-state index is 13.2. The van der Waals surface area contributed by atoms with Gasteiger partial charge in [-0.05, 0) is 50.1 Å². The molecule has 1 unspecified atom stereocenters. The molecule has 2 heterocycles. The summed E-state index contributed by atoms with van der Waals surface area (Å²) < 4.78 is 0. The number of rotatable bonds is 3. The fraction of sp³-hybridized carbons (Fsp3) is 0.160. The van der Waals surface area contributed by atoms with Crippen LogP contribution in [0.2, 0.25) is 0 Å². The molecule has 5 nitrogen and oxygen atoms in total. The van der Waals surface area contributed by atoms with Crippen LogP contribution in [0.5, 0.6) is 0 Å². The summed E-state index contributed by atoms with van der Waals surface area (Å²) in [5, 5.41) is 11.1. The Labute approximate surface area is 175 Å². The number of aliphatic hydroxyl groups is 1. The van der Waals surface area contributed by atoms with Crippen molar-refractivity contribution in [3.8, 4) is 0 Å². The highest BCUT2D eigenvalue weighted by molar-refractivity contribution is 6.51. The van der Waals surface area contributed by atoms with Crippen molar-refractivity contribution in [3.63, 3.8) is 0 Å². The monoisotopic (exact) mass is 398 g/mol. The van der Waals surface area contributed by atoms with Crippen LogP contribution >= 0.6 is 0 Å².